The van der Waals surface area contributed by atoms with Crippen LogP contribution in [0.2, 0.25) is 26.6 Å². The standard InChI is InChI=1S/2C8H15O2.4C4H9.O.2Sn/c2*1-2-3-4-5-6-7-8(9)10;4*1-3-4-2;;;/h2*1-7H2,(H,9,10);4*1,3-4H2,2H3;;;/p-2. The van der Waals surface area contributed by atoms with Crippen molar-refractivity contribution in [2.45, 2.75) is 183 Å². The summed E-state index contributed by atoms with van der Waals surface area (Å²) in [6.45, 7) is 9.33. The van der Waals surface area contributed by atoms with Crippen molar-refractivity contribution in [1.82, 2.24) is 0 Å². The van der Waals surface area contributed by atoms with Crippen LogP contribution >= 0.6 is 0 Å². The zero-order valence-electron chi connectivity index (χ0n) is 26.4. The van der Waals surface area contributed by atoms with Crippen LogP contribution < -0.4 is 10.2 Å². The van der Waals surface area contributed by atoms with Crippen LogP contribution in [0.25, 0.3) is 0 Å². The van der Waals surface area contributed by atoms with Gasteiger partial charge in [0.15, 0.2) is 0 Å². The Balaban J connectivity index is 5.54. The van der Waals surface area contributed by atoms with E-state index in [9.17, 15) is 19.8 Å². The van der Waals surface area contributed by atoms with E-state index >= 15 is 0 Å². The Morgan fingerprint density at radius 1 is 0.436 bits per heavy atom. The van der Waals surface area contributed by atoms with E-state index < -0.39 is 49.5 Å². The molecular weight excluding hydrogens is 702 g/mol. The molecule has 0 spiro atoms. The van der Waals surface area contributed by atoms with Crippen LogP contribution in [0.1, 0.15) is 156 Å². The first-order chi connectivity index (χ1) is 18.8. The minimum absolute atomic E-state index is 0.196. The van der Waals surface area contributed by atoms with Crippen molar-refractivity contribution in [3.63, 3.8) is 0 Å². The molecule has 0 aliphatic rings. The van der Waals surface area contributed by atoms with Gasteiger partial charge in [-0.25, -0.2) is 0 Å². The van der Waals surface area contributed by atoms with Crippen molar-refractivity contribution in [2.24, 2.45) is 0 Å². The van der Waals surface area contributed by atoms with Crippen LogP contribution in [0.5, 0.6) is 0 Å². The number of unbranched alkanes of at least 4 members (excludes halogenated alkanes) is 12. The van der Waals surface area contributed by atoms with Crippen LogP contribution in [0, 0.1) is 0 Å². The molecule has 0 aromatic carbocycles. The van der Waals surface area contributed by atoms with E-state index in [1.165, 1.54) is 104 Å². The predicted octanol–water partition coefficient (Wildman–Crippen LogP) is 8.28. The van der Waals surface area contributed by atoms with E-state index in [4.69, 9.17) is 1.41 Å². The Kier molecular flexibility index (Phi) is 26.5. The minimum atomic E-state index is -2.79. The van der Waals surface area contributed by atoms with Gasteiger partial charge in [-0.15, -0.1) is 0 Å². The number of carboxylic acid groups (broad SMARTS) is 2. The van der Waals surface area contributed by atoms with Gasteiger partial charge in [0.2, 0.25) is 0 Å². The summed E-state index contributed by atoms with van der Waals surface area (Å²) in [4.78, 5) is 21.5. The number of hydrogen-bond acceptors (Lipinski definition) is 5. The van der Waals surface area contributed by atoms with Crippen molar-refractivity contribution in [1.29, 1.82) is 0 Å². The number of carboxylic acids is 2. The summed E-state index contributed by atoms with van der Waals surface area (Å²) >= 11 is -5.58. The maximum absolute atomic E-state index is 10.7. The molecule has 0 aromatic heterocycles. The van der Waals surface area contributed by atoms with Gasteiger partial charge in [-0.05, 0) is 0 Å². The zero-order chi connectivity index (χ0) is 29.2. The van der Waals surface area contributed by atoms with Gasteiger partial charge in [0, 0.05) is 0 Å². The monoisotopic (exact) mass is 768 g/mol. The first-order valence-electron chi connectivity index (χ1n) is 16.9. The van der Waals surface area contributed by atoms with Crippen molar-refractivity contribution >= 4 is 49.5 Å². The molecule has 0 N–H and O–H groups in total. The Hall–Kier alpha value is 0.497. The van der Waals surface area contributed by atoms with Gasteiger partial charge >= 0.3 is 253 Å². The van der Waals surface area contributed by atoms with E-state index in [2.05, 4.69) is 27.7 Å². The summed E-state index contributed by atoms with van der Waals surface area (Å²) in [5.41, 5.74) is 0. The SMILES string of the molecule is CCC[CH2][Sn]([CH2]CCC)([CH2]CCCCCCC(=O)[O-])[O][Sn]([CH2]CCC)([CH2]CCC)[CH2]CCCCCCC(=O)[O-]. The summed E-state index contributed by atoms with van der Waals surface area (Å²) < 4.78 is 16.3. The van der Waals surface area contributed by atoms with E-state index in [-0.39, 0.29) is 12.8 Å². The average Bonchev–Trinajstić information content (AvgIpc) is 2.91. The van der Waals surface area contributed by atoms with Crippen LogP contribution in [0.3, 0.4) is 0 Å². The van der Waals surface area contributed by atoms with Crippen molar-refractivity contribution in [3.05, 3.63) is 0 Å². The number of aliphatic carboxylic acids is 2. The first-order valence-corrected chi connectivity index (χ1v) is 31.3. The number of rotatable bonds is 30. The van der Waals surface area contributed by atoms with E-state index in [0.717, 1.165) is 38.5 Å². The second-order valence-electron chi connectivity index (χ2n) is 12.2. The molecule has 232 valence electrons. The number of carbonyl (C=O) groups excluding carboxylic acids is 2. The second kappa shape index (κ2) is 26.1. The van der Waals surface area contributed by atoms with E-state index in [0.29, 0.717) is 0 Å². The molecule has 0 radical (unpaired) electrons. The number of hydrogen-bond donors (Lipinski definition) is 0. The normalized spacial score (nSPS) is 12.2. The molecule has 7 heteroatoms. The topological polar surface area (TPSA) is 89.5 Å². The summed E-state index contributed by atoms with van der Waals surface area (Å²) in [7, 11) is 0. The van der Waals surface area contributed by atoms with Gasteiger partial charge in [0.25, 0.3) is 0 Å². The van der Waals surface area contributed by atoms with Crippen molar-refractivity contribution in [3.8, 4) is 0 Å². The van der Waals surface area contributed by atoms with Crippen molar-refractivity contribution < 1.29 is 21.2 Å². The van der Waals surface area contributed by atoms with Crippen molar-refractivity contribution in [2.75, 3.05) is 0 Å². The van der Waals surface area contributed by atoms with Gasteiger partial charge in [0.1, 0.15) is 0 Å². The molecule has 0 fully saturated rings. The first kappa shape index (κ1) is 39.5. The Morgan fingerprint density at radius 2 is 0.692 bits per heavy atom. The molecule has 0 unspecified atom stereocenters. The third kappa shape index (κ3) is 21.8. The molecule has 0 atom stereocenters. The molecule has 0 aliphatic carbocycles. The second-order valence-corrected chi connectivity index (χ2v) is 38.7. The molecule has 0 aliphatic heterocycles. The fraction of sp³-hybridized carbons (Fsp3) is 0.938. The summed E-state index contributed by atoms with van der Waals surface area (Å²) in [5.74, 6) is -1.84. The molecule has 5 nitrogen and oxygen atoms in total. The molecule has 0 heterocycles. The third-order valence-electron chi connectivity index (χ3n) is 8.40. The fourth-order valence-electron chi connectivity index (χ4n) is 6.00. The van der Waals surface area contributed by atoms with Gasteiger partial charge < -0.3 is 0 Å². The summed E-state index contributed by atoms with van der Waals surface area (Å²) in [5, 5.41) is 21.5. The van der Waals surface area contributed by atoms with Crippen LogP contribution in [-0.4, -0.2) is 49.5 Å². The molecule has 0 aromatic rings. The Morgan fingerprint density at radius 3 is 0.974 bits per heavy atom. The summed E-state index contributed by atoms with van der Waals surface area (Å²) in [6.07, 6.45) is 21.5. The molecular formula is C32H64O5Sn2-2. The average molecular weight is 766 g/mol. The quantitative estimate of drug-likeness (QED) is 0.0543. The predicted molar refractivity (Wildman–Crippen MR) is 166 cm³/mol. The van der Waals surface area contributed by atoms with E-state index in [1.54, 1.807) is 0 Å². The summed E-state index contributed by atoms with van der Waals surface area (Å²) in [6, 6.07) is 0. The van der Waals surface area contributed by atoms with Gasteiger partial charge in [-0.2, -0.15) is 0 Å². The third-order valence-corrected chi connectivity index (χ3v) is 49.1. The van der Waals surface area contributed by atoms with Crippen LogP contribution in [-0.2, 0) is 11.0 Å². The molecule has 39 heavy (non-hydrogen) atoms. The van der Waals surface area contributed by atoms with E-state index in [1.807, 2.05) is 0 Å². The maximum atomic E-state index is 10.7. The molecule has 0 rings (SSSR count). The Labute approximate surface area is 251 Å². The fourth-order valence-corrected chi connectivity index (χ4v) is 60.5. The Bertz CT molecular complexity index is 533. The zero-order valence-corrected chi connectivity index (χ0v) is 32.1. The van der Waals surface area contributed by atoms with Gasteiger partial charge in [-0.1, -0.05) is 0 Å². The molecule has 0 saturated carbocycles. The van der Waals surface area contributed by atoms with Crippen LogP contribution in [0.4, 0.5) is 0 Å². The van der Waals surface area contributed by atoms with Crippen LogP contribution in [0.15, 0.2) is 0 Å². The molecule has 0 saturated heterocycles. The van der Waals surface area contributed by atoms with Gasteiger partial charge in [-0.3, -0.25) is 0 Å². The van der Waals surface area contributed by atoms with Gasteiger partial charge in [0.05, 0.1) is 0 Å². The molecule has 0 amide bonds. The molecule has 0 bridgehead atoms. The number of carbonyl (C=O) groups is 2.